The summed E-state index contributed by atoms with van der Waals surface area (Å²) in [4.78, 5) is 12.4. The van der Waals surface area contributed by atoms with E-state index in [1.807, 2.05) is 30.3 Å². The van der Waals surface area contributed by atoms with Gasteiger partial charge in [-0.2, -0.15) is 0 Å². The van der Waals surface area contributed by atoms with Gasteiger partial charge >= 0.3 is 0 Å². The minimum Gasteiger partial charge on any atom is -0.351 e. The van der Waals surface area contributed by atoms with E-state index in [1.165, 1.54) is 17.5 Å². The van der Waals surface area contributed by atoms with Crippen molar-refractivity contribution in [3.05, 3.63) is 96.1 Å². The van der Waals surface area contributed by atoms with Crippen molar-refractivity contribution in [2.45, 2.75) is 50.2 Å². The highest BCUT2D eigenvalue weighted by Crippen LogP contribution is 2.40. The van der Waals surface area contributed by atoms with Crippen LogP contribution >= 0.6 is 24.8 Å². The molecular weight excluding hydrogens is 465 g/mol. The SMILES string of the molecule is Cl.Cl.NC(CCCCNC1CC1c1ccccc1)C(=O)NCc1cccc(-c2ccccc2)c1. The molecule has 4 N–H and O–H groups in total. The van der Waals surface area contributed by atoms with Crippen molar-refractivity contribution in [3.8, 4) is 11.1 Å². The molecule has 182 valence electrons. The Balaban J connectivity index is 0.00000204. The van der Waals surface area contributed by atoms with E-state index in [2.05, 4.69) is 65.2 Å². The molecule has 3 aromatic carbocycles. The number of amides is 1. The Morgan fingerprint density at radius 2 is 1.56 bits per heavy atom. The topological polar surface area (TPSA) is 67.1 Å². The Bertz CT molecular complexity index is 1000. The van der Waals surface area contributed by atoms with Crippen LogP contribution < -0.4 is 16.4 Å². The van der Waals surface area contributed by atoms with Crippen LogP contribution in [-0.4, -0.2) is 24.5 Å². The second-order valence-corrected chi connectivity index (χ2v) is 8.70. The van der Waals surface area contributed by atoms with Crippen molar-refractivity contribution in [3.63, 3.8) is 0 Å². The largest absolute Gasteiger partial charge is 0.351 e. The molecule has 1 saturated carbocycles. The van der Waals surface area contributed by atoms with Crippen molar-refractivity contribution < 1.29 is 4.79 Å². The lowest BCUT2D eigenvalue weighted by molar-refractivity contribution is -0.122. The van der Waals surface area contributed by atoms with Crippen molar-refractivity contribution in [1.29, 1.82) is 0 Å². The van der Waals surface area contributed by atoms with Crippen molar-refractivity contribution in [1.82, 2.24) is 10.6 Å². The zero-order valence-electron chi connectivity index (χ0n) is 19.4. The minimum absolute atomic E-state index is 0. The highest BCUT2D eigenvalue weighted by Gasteiger charge is 2.37. The normalized spacial score (nSPS) is 17.1. The first-order chi connectivity index (χ1) is 15.7. The highest BCUT2D eigenvalue weighted by atomic mass is 35.5. The van der Waals surface area contributed by atoms with Crippen LogP contribution in [0.1, 0.15) is 42.7 Å². The number of carbonyl (C=O) groups excluding carboxylic acids is 1. The summed E-state index contributed by atoms with van der Waals surface area (Å²) in [6.07, 6.45) is 3.92. The van der Waals surface area contributed by atoms with E-state index in [4.69, 9.17) is 5.73 Å². The van der Waals surface area contributed by atoms with Crippen LogP contribution in [0.2, 0.25) is 0 Å². The monoisotopic (exact) mass is 499 g/mol. The van der Waals surface area contributed by atoms with E-state index in [9.17, 15) is 4.79 Å². The van der Waals surface area contributed by atoms with E-state index in [-0.39, 0.29) is 30.7 Å². The van der Waals surface area contributed by atoms with Gasteiger partial charge < -0.3 is 16.4 Å². The van der Waals surface area contributed by atoms with Crippen LogP contribution in [0.15, 0.2) is 84.9 Å². The summed E-state index contributed by atoms with van der Waals surface area (Å²) in [6, 6.07) is 29.4. The lowest BCUT2D eigenvalue weighted by Gasteiger charge is -2.13. The molecule has 34 heavy (non-hydrogen) atoms. The van der Waals surface area contributed by atoms with Gasteiger partial charge in [-0.05, 0) is 54.1 Å². The number of hydrogen-bond donors (Lipinski definition) is 3. The number of hydrogen-bond acceptors (Lipinski definition) is 3. The number of benzene rings is 3. The summed E-state index contributed by atoms with van der Waals surface area (Å²) in [5.41, 5.74) is 11.0. The van der Waals surface area contributed by atoms with Gasteiger partial charge in [0.2, 0.25) is 5.91 Å². The molecule has 3 atom stereocenters. The number of halogens is 2. The maximum atomic E-state index is 12.4. The summed E-state index contributed by atoms with van der Waals surface area (Å²) in [5, 5.41) is 6.62. The van der Waals surface area contributed by atoms with E-state index >= 15 is 0 Å². The van der Waals surface area contributed by atoms with Crippen LogP contribution in [0.3, 0.4) is 0 Å². The average Bonchev–Trinajstić information content (AvgIpc) is 3.63. The zero-order valence-corrected chi connectivity index (χ0v) is 21.0. The van der Waals surface area contributed by atoms with Gasteiger partial charge in [0.25, 0.3) is 0 Å². The van der Waals surface area contributed by atoms with Gasteiger partial charge in [-0.3, -0.25) is 4.79 Å². The summed E-state index contributed by atoms with van der Waals surface area (Å²) < 4.78 is 0. The van der Waals surface area contributed by atoms with Crippen LogP contribution in [-0.2, 0) is 11.3 Å². The highest BCUT2D eigenvalue weighted by molar-refractivity contribution is 5.85. The molecule has 0 radical (unpaired) electrons. The summed E-state index contributed by atoms with van der Waals surface area (Å²) in [6.45, 7) is 1.48. The number of rotatable bonds is 11. The fourth-order valence-electron chi connectivity index (χ4n) is 4.21. The fraction of sp³-hybridized carbons (Fsp3) is 0.321. The number of nitrogens with two attached hydrogens (primary N) is 1. The Kier molecular flexibility index (Phi) is 11.6. The fourth-order valence-corrected chi connectivity index (χ4v) is 4.21. The van der Waals surface area contributed by atoms with Crippen LogP contribution in [0.4, 0.5) is 0 Å². The Morgan fingerprint density at radius 3 is 2.29 bits per heavy atom. The molecule has 6 heteroatoms. The molecular formula is C28H35Cl2N3O. The first-order valence-electron chi connectivity index (χ1n) is 11.7. The molecule has 3 unspecified atom stereocenters. The first-order valence-corrected chi connectivity index (χ1v) is 11.7. The average molecular weight is 501 g/mol. The van der Waals surface area contributed by atoms with Gasteiger partial charge in [0.15, 0.2) is 0 Å². The molecule has 0 aromatic heterocycles. The second kappa shape index (κ2) is 14.1. The van der Waals surface area contributed by atoms with Crippen molar-refractivity contribution in [2.75, 3.05) is 6.54 Å². The van der Waals surface area contributed by atoms with E-state index in [0.717, 1.165) is 30.5 Å². The van der Waals surface area contributed by atoms with Crippen LogP contribution in [0.5, 0.6) is 0 Å². The van der Waals surface area contributed by atoms with E-state index in [0.29, 0.717) is 24.9 Å². The summed E-state index contributed by atoms with van der Waals surface area (Å²) >= 11 is 0. The van der Waals surface area contributed by atoms with Gasteiger partial charge in [-0.25, -0.2) is 0 Å². The van der Waals surface area contributed by atoms with Crippen molar-refractivity contribution >= 4 is 30.7 Å². The Hall–Kier alpha value is -2.37. The Morgan fingerprint density at radius 1 is 0.882 bits per heavy atom. The smallest absolute Gasteiger partial charge is 0.237 e. The third-order valence-electron chi connectivity index (χ3n) is 6.20. The van der Waals surface area contributed by atoms with Crippen LogP contribution in [0.25, 0.3) is 11.1 Å². The third kappa shape index (κ3) is 8.14. The third-order valence-corrected chi connectivity index (χ3v) is 6.20. The molecule has 0 aliphatic heterocycles. The molecule has 0 heterocycles. The molecule has 0 bridgehead atoms. The molecule has 3 aromatic rings. The molecule has 1 amide bonds. The molecule has 0 saturated heterocycles. The quantitative estimate of drug-likeness (QED) is 0.307. The van der Waals surface area contributed by atoms with E-state index in [1.54, 1.807) is 0 Å². The predicted molar refractivity (Wildman–Crippen MR) is 146 cm³/mol. The van der Waals surface area contributed by atoms with E-state index < -0.39 is 6.04 Å². The first kappa shape index (κ1) is 27.9. The second-order valence-electron chi connectivity index (χ2n) is 8.70. The van der Waals surface area contributed by atoms with Gasteiger partial charge in [0, 0.05) is 18.5 Å². The molecule has 0 spiro atoms. The maximum absolute atomic E-state index is 12.4. The predicted octanol–water partition coefficient (Wildman–Crippen LogP) is 5.46. The summed E-state index contributed by atoms with van der Waals surface area (Å²) in [5.74, 6) is 0.582. The van der Waals surface area contributed by atoms with Crippen LogP contribution in [0, 0.1) is 0 Å². The maximum Gasteiger partial charge on any atom is 0.237 e. The number of unbranched alkanes of at least 4 members (excludes halogenated alkanes) is 1. The number of carbonyl (C=O) groups is 1. The molecule has 1 fully saturated rings. The minimum atomic E-state index is -0.453. The lowest BCUT2D eigenvalue weighted by atomic mass is 10.0. The van der Waals surface area contributed by atoms with Gasteiger partial charge in [-0.1, -0.05) is 85.3 Å². The van der Waals surface area contributed by atoms with Gasteiger partial charge in [0.1, 0.15) is 0 Å². The summed E-state index contributed by atoms with van der Waals surface area (Å²) in [7, 11) is 0. The zero-order chi connectivity index (χ0) is 22.2. The molecule has 1 aliphatic rings. The van der Waals surface area contributed by atoms with Gasteiger partial charge in [0.05, 0.1) is 6.04 Å². The van der Waals surface area contributed by atoms with Gasteiger partial charge in [-0.15, -0.1) is 24.8 Å². The lowest BCUT2D eigenvalue weighted by Crippen LogP contribution is -2.40. The Labute approximate surface area is 215 Å². The molecule has 1 aliphatic carbocycles. The molecule has 4 rings (SSSR count). The van der Waals surface area contributed by atoms with Crippen molar-refractivity contribution in [2.24, 2.45) is 5.73 Å². The standard InChI is InChI=1S/C28H33N3O.2ClH/c29-26(16-7-8-17-30-27-19-25(27)23-13-5-2-6-14-23)28(32)31-20-21-10-9-15-24(18-21)22-11-3-1-4-12-22;;/h1-6,9-15,18,25-27,30H,7-8,16-17,19-20,29H2,(H,31,32);2*1H. The molecule has 4 nitrogen and oxygen atoms in total. The number of nitrogens with one attached hydrogen (secondary N) is 2.